The maximum atomic E-state index is 6.09. The first-order valence-electron chi connectivity index (χ1n) is 5.45. The van der Waals surface area contributed by atoms with Crippen molar-refractivity contribution in [1.29, 1.82) is 0 Å². The Morgan fingerprint density at radius 2 is 2.00 bits per heavy atom. The lowest BCUT2D eigenvalue weighted by molar-refractivity contribution is 0.573. The number of hydrogen-bond donors (Lipinski definition) is 2. The van der Waals surface area contributed by atoms with Crippen LogP contribution in [0.2, 0.25) is 0 Å². The molecular weight excluding hydrogens is 252 g/mol. The molecule has 0 aliphatic carbocycles. The van der Waals surface area contributed by atoms with Crippen LogP contribution in [0, 0.1) is 0 Å². The Balaban J connectivity index is 2.36. The van der Waals surface area contributed by atoms with Crippen LogP contribution in [0.4, 0.5) is 0 Å². The van der Waals surface area contributed by atoms with E-state index < -0.39 is 0 Å². The van der Waals surface area contributed by atoms with Gasteiger partial charge >= 0.3 is 0 Å². The van der Waals surface area contributed by atoms with Crippen LogP contribution in [0.15, 0.2) is 28.7 Å². The van der Waals surface area contributed by atoms with Gasteiger partial charge in [0.25, 0.3) is 0 Å². The maximum absolute atomic E-state index is 6.09. The van der Waals surface area contributed by atoms with Crippen LogP contribution in [0.1, 0.15) is 37.3 Å². The third kappa shape index (κ3) is 4.78. The molecule has 15 heavy (non-hydrogen) atoms. The minimum absolute atomic E-state index is 0.153. The van der Waals surface area contributed by atoms with E-state index in [1.165, 1.54) is 12.0 Å². The topological polar surface area (TPSA) is 52.0 Å². The van der Waals surface area contributed by atoms with E-state index in [9.17, 15) is 0 Å². The zero-order chi connectivity index (χ0) is 11.1. The lowest BCUT2D eigenvalue weighted by Crippen LogP contribution is -2.10. The van der Waals surface area contributed by atoms with Gasteiger partial charge in [0.05, 0.1) is 0 Å². The van der Waals surface area contributed by atoms with E-state index in [1.807, 2.05) is 12.1 Å². The SMILES string of the molecule is NCCCCCC(N)c1cccc(Br)c1. The van der Waals surface area contributed by atoms with Gasteiger partial charge in [0.2, 0.25) is 0 Å². The van der Waals surface area contributed by atoms with E-state index in [4.69, 9.17) is 11.5 Å². The molecule has 1 rings (SSSR count). The molecule has 0 spiro atoms. The number of unbranched alkanes of at least 4 members (excludes halogenated alkanes) is 2. The molecule has 84 valence electrons. The van der Waals surface area contributed by atoms with Gasteiger partial charge in [-0.3, -0.25) is 0 Å². The first-order chi connectivity index (χ1) is 7.24. The highest BCUT2D eigenvalue weighted by atomic mass is 79.9. The molecule has 0 aliphatic heterocycles. The molecule has 1 atom stereocenters. The first-order valence-corrected chi connectivity index (χ1v) is 6.24. The Hall–Kier alpha value is -0.380. The summed E-state index contributed by atoms with van der Waals surface area (Å²) in [5.74, 6) is 0. The third-order valence-corrected chi connectivity index (χ3v) is 2.99. The molecule has 0 bridgehead atoms. The van der Waals surface area contributed by atoms with Gasteiger partial charge in [-0.2, -0.15) is 0 Å². The second kappa shape index (κ2) is 6.99. The van der Waals surface area contributed by atoms with E-state index in [1.54, 1.807) is 0 Å². The van der Waals surface area contributed by atoms with Gasteiger partial charge in [-0.05, 0) is 37.1 Å². The lowest BCUT2D eigenvalue weighted by atomic mass is 10.0. The maximum Gasteiger partial charge on any atom is 0.0295 e. The number of hydrogen-bond acceptors (Lipinski definition) is 2. The largest absolute Gasteiger partial charge is 0.330 e. The van der Waals surface area contributed by atoms with E-state index in [-0.39, 0.29) is 6.04 Å². The summed E-state index contributed by atoms with van der Waals surface area (Å²) >= 11 is 3.45. The number of rotatable bonds is 6. The molecule has 2 nitrogen and oxygen atoms in total. The predicted molar refractivity (Wildman–Crippen MR) is 68.6 cm³/mol. The normalized spacial score (nSPS) is 12.7. The quantitative estimate of drug-likeness (QED) is 0.781. The van der Waals surface area contributed by atoms with E-state index in [0.29, 0.717) is 0 Å². The van der Waals surface area contributed by atoms with Gasteiger partial charge in [-0.1, -0.05) is 40.9 Å². The summed E-state index contributed by atoms with van der Waals surface area (Å²) in [4.78, 5) is 0. The summed E-state index contributed by atoms with van der Waals surface area (Å²) in [6.07, 6.45) is 4.48. The van der Waals surface area contributed by atoms with E-state index in [0.717, 1.165) is 30.3 Å². The number of nitrogens with two attached hydrogens (primary N) is 2. The van der Waals surface area contributed by atoms with Crippen LogP contribution < -0.4 is 11.5 Å². The van der Waals surface area contributed by atoms with Gasteiger partial charge in [-0.25, -0.2) is 0 Å². The zero-order valence-electron chi connectivity index (χ0n) is 8.95. The Labute approximate surface area is 100 Å². The average molecular weight is 271 g/mol. The summed E-state index contributed by atoms with van der Waals surface area (Å²) in [6.45, 7) is 0.784. The Kier molecular flexibility index (Phi) is 5.91. The van der Waals surface area contributed by atoms with Gasteiger partial charge in [-0.15, -0.1) is 0 Å². The zero-order valence-corrected chi connectivity index (χ0v) is 10.5. The lowest BCUT2D eigenvalue weighted by Gasteiger charge is -2.11. The number of halogens is 1. The summed E-state index contributed by atoms with van der Waals surface area (Å²) < 4.78 is 1.09. The molecule has 0 aliphatic rings. The monoisotopic (exact) mass is 270 g/mol. The fourth-order valence-corrected chi connectivity index (χ4v) is 2.01. The highest BCUT2D eigenvalue weighted by Crippen LogP contribution is 2.20. The molecule has 0 radical (unpaired) electrons. The summed E-state index contributed by atoms with van der Waals surface area (Å²) in [5.41, 5.74) is 12.7. The van der Waals surface area contributed by atoms with Crippen molar-refractivity contribution < 1.29 is 0 Å². The van der Waals surface area contributed by atoms with Crippen molar-refractivity contribution in [3.8, 4) is 0 Å². The molecule has 0 amide bonds. The number of benzene rings is 1. The van der Waals surface area contributed by atoms with Crippen molar-refractivity contribution in [3.05, 3.63) is 34.3 Å². The van der Waals surface area contributed by atoms with Crippen molar-refractivity contribution in [3.63, 3.8) is 0 Å². The highest BCUT2D eigenvalue weighted by molar-refractivity contribution is 9.10. The molecule has 4 N–H and O–H groups in total. The van der Waals surface area contributed by atoms with Crippen LogP contribution in [-0.4, -0.2) is 6.54 Å². The fraction of sp³-hybridized carbons (Fsp3) is 0.500. The fourth-order valence-electron chi connectivity index (χ4n) is 1.59. The second-order valence-corrected chi connectivity index (χ2v) is 4.72. The van der Waals surface area contributed by atoms with Crippen LogP contribution in [-0.2, 0) is 0 Å². The smallest absolute Gasteiger partial charge is 0.0295 e. The molecule has 0 saturated carbocycles. The molecular formula is C12H19BrN2. The second-order valence-electron chi connectivity index (χ2n) is 3.80. The summed E-state index contributed by atoms with van der Waals surface area (Å²) in [7, 11) is 0. The standard InChI is InChI=1S/C12H19BrN2/c13-11-6-4-5-10(9-11)12(15)7-2-1-3-8-14/h4-6,9,12H,1-3,7-8,14-15H2. The average Bonchev–Trinajstić information content (AvgIpc) is 2.24. The Morgan fingerprint density at radius 3 is 2.67 bits per heavy atom. The molecule has 0 saturated heterocycles. The van der Waals surface area contributed by atoms with Crippen molar-refractivity contribution in [2.45, 2.75) is 31.7 Å². The van der Waals surface area contributed by atoms with Crippen molar-refractivity contribution in [1.82, 2.24) is 0 Å². The summed E-state index contributed by atoms with van der Waals surface area (Å²) in [5, 5.41) is 0. The van der Waals surface area contributed by atoms with Crippen LogP contribution in [0.3, 0.4) is 0 Å². The van der Waals surface area contributed by atoms with Crippen LogP contribution in [0.25, 0.3) is 0 Å². The molecule has 1 aromatic rings. The predicted octanol–water partition coefficient (Wildman–Crippen LogP) is 2.97. The molecule has 0 aromatic heterocycles. The van der Waals surface area contributed by atoms with Crippen LogP contribution >= 0.6 is 15.9 Å². The van der Waals surface area contributed by atoms with Gasteiger partial charge in [0, 0.05) is 10.5 Å². The van der Waals surface area contributed by atoms with E-state index >= 15 is 0 Å². The van der Waals surface area contributed by atoms with E-state index in [2.05, 4.69) is 28.1 Å². The molecule has 0 heterocycles. The molecule has 0 fully saturated rings. The highest BCUT2D eigenvalue weighted by Gasteiger charge is 2.05. The van der Waals surface area contributed by atoms with Gasteiger partial charge in [0.15, 0.2) is 0 Å². The van der Waals surface area contributed by atoms with Gasteiger partial charge in [0.1, 0.15) is 0 Å². The first kappa shape index (κ1) is 12.7. The Bertz CT molecular complexity index is 289. The van der Waals surface area contributed by atoms with Crippen molar-refractivity contribution >= 4 is 15.9 Å². The van der Waals surface area contributed by atoms with Crippen LogP contribution in [0.5, 0.6) is 0 Å². The minimum atomic E-state index is 0.153. The third-order valence-electron chi connectivity index (χ3n) is 2.50. The molecule has 1 unspecified atom stereocenters. The summed E-state index contributed by atoms with van der Waals surface area (Å²) in [6, 6.07) is 8.37. The van der Waals surface area contributed by atoms with Gasteiger partial charge < -0.3 is 11.5 Å². The van der Waals surface area contributed by atoms with Crippen molar-refractivity contribution in [2.24, 2.45) is 11.5 Å². The molecule has 3 heteroatoms. The molecule has 1 aromatic carbocycles. The van der Waals surface area contributed by atoms with Crippen molar-refractivity contribution in [2.75, 3.05) is 6.54 Å². The Morgan fingerprint density at radius 1 is 1.20 bits per heavy atom. The minimum Gasteiger partial charge on any atom is -0.330 e.